The molecule has 1 rings (SSSR count). The number of rotatable bonds is 6. The normalized spacial score (nSPS) is 11.9. The van der Waals surface area contributed by atoms with Crippen LogP contribution >= 0.6 is 11.6 Å². The third-order valence-electron chi connectivity index (χ3n) is 2.70. The van der Waals surface area contributed by atoms with Crippen molar-refractivity contribution in [3.63, 3.8) is 0 Å². The van der Waals surface area contributed by atoms with E-state index in [0.29, 0.717) is 0 Å². The summed E-state index contributed by atoms with van der Waals surface area (Å²) in [5, 5.41) is 14.2. The van der Waals surface area contributed by atoms with Gasteiger partial charge in [-0.2, -0.15) is 0 Å². The molecule has 0 aliphatic carbocycles. The molecule has 0 fully saturated rings. The monoisotopic (exact) mass is 268 g/mol. The third-order valence-corrected chi connectivity index (χ3v) is 3.00. The summed E-state index contributed by atoms with van der Waals surface area (Å²) in [5.41, 5.74) is 1.59. The van der Waals surface area contributed by atoms with E-state index in [9.17, 15) is 10.1 Å². The first-order valence-electron chi connectivity index (χ1n) is 5.77. The van der Waals surface area contributed by atoms with E-state index in [4.69, 9.17) is 11.6 Å². The first-order valence-corrected chi connectivity index (χ1v) is 6.15. The molecule has 0 radical (unpaired) electrons. The van der Waals surface area contributed by atoms with E-state index >= 15 is 0 Å². The molecule has 1 aromatic rings. The maximum Gasteiger partial charge on any atom is 0.288 e. The van der Waals surface area contributed by atoms with Crippen LogP contribution in [0.4, 0.5) is 11.4 Å². The highest BCUT2D eigenvalue weighted by Gasteiger charge is 2.15. The quantitative estimate of drug-likeness (QED) is 0.475. The molecule has 0 bridgehead atoms. The smallest absolute Gasteiger partial charge is 0.288 e. The number of hydrogen-bond donors (Lipinski definition) is 1. The zero-order chi connectivity index (χ0) is 13.7. The van der Waals surface area contributed by atoms with Gasteiger partial charge >= 0.3 is 0 Å². The van der Waals surface area contributed by atoms with Gasteiger partial charge in [0, 0.05) is 17.8 Å². The summed E-state index contributed by atoms with van der Waals surface area (Å²) in [5.74, 6) is 0. The average molecular weight is 269 g/mol. The Bertz CT molecular complexity index is 461. The summed E-state index contributed by atoms with van der Waals surface area (Å²) in [6.45, 7) is 7.56. The van der Waals surface area contributed by atoms with Crippen molar-refractivity contribution in [3.8, 4) is 0 Å². The largest absolute Gasteiger partial charge is 0.382 e. The number of nitro benzene ring substituents is 1. The minimum absolute atomic E-state index is 0.0570. The fourth-order valence-electron chi connectivity index (χ4n) is 1.67. The zero-order valence-electron chi connectivity index (χ0n) is 10.6. The van der Waals surface area contributed by atoms with Gasteiger partial charge in [-0.3, -0.25) is 10.1 Å². The van der Waals surface area contributed by atoms with Crippen LogP contribution in [0.1, 0.15) is 25.3 Å². The summed E-state index contributed by atoms with van der Waals surface area (Å²) < 4.78 is 0. The highest BCUT2D eigenvalue weighted by molar-refractivity contribution is 6.33. The van der Waals surface area contributed by atoms with Crippen molar-refractivity contribution in [2.45, 2.75) is 32.7 Å². The fourth-order valence-corrected chi connectivity index (χ4v) is 1.90. The van der Waals surface area contributed by atoms with Gasteiger partial charge in [-0.25, -0.2) is 0 Å². The second kappa shape index (κ2) is 6.40. The van der Waals surface area contributed by atoms with Crippen LogP contribution in [0.2, 0.25) is 5.02 Å². The Morgan fingerprint density at radius 3 is 2.83 bits per heavy atom. The zero-order valence-corrected chi connectivity index (χ0v) is 11.3. The molecule has 5 heteroatoms. The van der Waals surface area contributed by atoms with Gasteiger partial charge in [0.15, 0.2) is 0 Å². The number of nitrogens with one attached hydrogen (secondary N) is 1. The number of allylic oxidation sites excluding steroid dienone is 1. The number of benzene rings is 1. The van der Waals surface area contributed by atoms with E-state index < -0.39 is 4.92 Å². The molecule has 0 amide bonds. The maximum absolute atomic E-state index is 10.7. The minimum atomic E-state index is -0.472. The number of nitro groups is 1. The van der Waals surface area contributed by atoms with Gasteiger partial charge in [0.2, 0.25) is 0 Å². The number of hydrogen-bond acceptors (Lipinski definition) is 3. The maximum atomic E-state index is 10.7. The van der Waals surface area contributed by atoms with Gasteiger partial charge in [-0.15, -0.1) is 6.58 Å². The molecule has 4 nitrogen and oxygen atoms in total. The lowest BCUT2D eigenvalue weighted by Gasteiger charge is -2.16. The Balaban J connectivity index is 2.87. The van der Waals surface area contributed by atoms with E-state index in [0.717, 1.165) is 24.1 Å². The van der Waals surface area contributed by atoms with Gasteiger partial charge < -0.3 is 5.32 Å². The predicted molar refractivity (Wildman–Crippen MR) is 75.4 cm³/mol. The van der Waals surface area contributed by atoms with E-state index in [1.165, 1.54) is 6.07 Å². The lowest BCUT2D eigenvalue weighted by Crippen LogP contribution is -2.15. The second-order valence-electron chi connectivity index (χ2n) is 4.29. The molecular formula is C13H17ClN2O2. The minimum Gasteiger partial charge on any atom is -0.382 e. The van der Waals surface area contributed by atoms with Gasteiger partial charge in [0.1, 0.15) is 5.02 Å². The Hall–Kier alpha value is -1.55. The second-order valence-corrected chi connectivity index (χ2v) is 4.69. The van der Waals surface area contributed by atoms with Crippen LogP contribution in [0.3, 0.4) is 0 Å². The first-order chi connectivity index (χ1) is 8.45. The topological polar surface area (TPSA) is 55.2 Å². The standard InChI is InChI=1S/C13H17ClN2O2/c1-4-5-6-10(3)15-12-8-11(14)13(16(17)18)7-9(12)2/h4,7-8,10,15H,1,5-6H2,2-3H3. The SMILES string of the molecule is C=CCCC(C)Nc1cc(Cl)c([N+](=O)[O-])cc1C. The molecule has 0 aliphatic heterocycles. The molecule has 0 heterocycles. The van der Waals surface area contributed by atoms with Crippen LogP contribution in [-0.2, 0) is 0 Å². The van der Waals surface area contributed by atoms with Crippen molar-refractivity contribution in [1.82, 2.24) is 0 Å². The van der Waals surface area contributed by atoms with Crippen LogP contribution in [-0.4, -0.2) is 11.0 Å². The lowest BCUT2D eigenvalue weighted by molar-refractivity contribution is -0.384. The third kappa shape index (κ3) is 3.74. The number of nitrogens with zero attached hydrogens (tertiary/aromatic N) is 1. The van der Waals surface area contributed by atoms with E-state index in [1.54, 1.807) is 6.07 Å². The van der Waals surface area contributed by atoms with Crippen molar-refractivity contribution in [2.24, 2.45) is 0 Å². The molecule has 98 valence electrons. The summed E-state index contributed by atoms with van der Waals surface area (Å²) in [4.78, 5) is 10.3. The van der Waals surface area contributed by atoms with Crippen molar-refractivity contribution in [2.75, 3.05) is 5.32 Å². The van der Waals surface area contributed by atoms with Crippen LogP contribution in [0.25, 0.3) is 0 Å². The molecule has 1 aromatic carbocycles. The molecule has 0 aromatic heterocycles. The number of halogens is 1. The number of aryl methyl sites for hydroxylation is 1. The van der Waals surface area contributed by atoms with Crippen LogP contribution in [0, 0.1) is 17.0 Å². The molecule has 0 aliphatic rings. The van der Waals surface area contributed by atoms with Crippen molar-refractivity contribution in [3.05, 3.63) is 45.5 Å². The van der Waals surface area contributed by atoms with Crippen LogP contribution in [0.15, 0.2) is 24.8 Å². The highest BCUT2D eigenvalue weighted by atomic mass is 35.5. The molecule has 18 heavy (non-hydrogen) atoms. The van der Waals surface area contributed by atoms with Gasteiger partial charge in [-0.1, -0.05) is 17.7 Å². The van der Waals surface area contributed by atoms with Gasteiger partial charge in [0.25, 0.3) is 5.69 Å². The molecule has 1 N–H and O–H groups in total. The Morgan fingerprint density at radius 2 is 2.28 bits per heavy atom. The molecular weight excluding hydrogens is 252 g/mol. The van der Waals surface area contributed by atoms with Crippen molar-refractivity contribution >= 4 is 23.0 Å². The van der Waals surface area contributed by atoms with E-state index in [1.807, 2.05) is 13.0 Å². The summed E-state index contributed by atoms with van der Waals surface area (Å²) in [7, 11) is 0. The average Bonchev–Trinajstić information content (AvgIpc) is 2.30. The van der Waals surface area contributed by atoms with Gasteiger partial charge in [0.05, 0.1) is 4.92 Å². The number of anilines is 1. The van der Waals surface area contributed by atoms with E-state index in [-0.39, 0.29) is 16.8 Å². The lowest BCUT2D eigenvalue weighted by atomic mass is 10.1. The fraction of sp³-hybridized carbons (Fsp3) is 0.385. The predicted octanol–water partition coefficient (Wildman–Crippen LogP) is 4.32. The Labute approximate surface area is 112 Å². The molecule has 1 atom stereocenters. The van der Waals surface area contributed by atoms with Gasteiger partial charge in [-0.05, 0) is 38.3 Å². The molecule has 0 saturated carbocycles. The molecule has 1 unspecified atom stereocenters. The van der Waals surface area contributed by atoms with Crippen LogP contribution < -0.4 is 5.32 Å². The summed E-state index contributed by atoms with van der Waals surface area (Å²) in [6.07, 6.45) is 3.75. The summed E-state index contributed by atoms with van der Waals surface area (Å²) in [6, 6.07) is 3.36. The summed E-state index contributed by atoms with van der Waals surface area (Å²) >= 11 is 5.89. The molecule has 0 saturated heterocycles. The van der Waals surface area contributed by atoms with E-state index in [2.05, 4.69) is 18.8 Å². The molecule has 0 spiro atoms. The Kier molecular flexibility index (Phi) is 5.16. The Morgan fingerprint density at radius 1 is 1.61 bits per heavy atom. The van der Waals surface area contributed by atoms with Crippen molar-refractivity contribution in [1.29, 1.82) is 0 Å². The highest BCUT2D eigenvalue weighted by Crippen LogP contribution is 2.31. The first kappa shape index (κ1) is 14.5. The van der Waals surface area contributed by atoms with Crippen molar-refractivity contribution < 1.29 is 4.92 Å². The van der Waals surface area contributed by atoms with Crippen LogP contribution in [0.5, 0.6) is 0 Å².